The van der Waals surface area contributed by atoms with Gasteiger partial charge in [-0.2, -0.15) is 0 Å². The van der Waals surface area contributed by atoms with E-state index in [9.17, 15) is 0 Å². The first-order chi connectivity index (χ1) is 9.00. The second kappa shape index (κ2) is 13.4. The van der Waals surface area contributed by atoms with Crippen molar-refractivity contribution < 1.29 is 0 Å². The smallest absolute Gasteiger partial charge is 0.0383 e. The highest BCUT2D eigenvalue weighted by atomic mass is 14.0. The van der Waals surface area contributed by atoms with Crippen molar-refractivity contribution in [1.82, 2.24) is 0 Å². The van der Waals surface area contributed by atoms with Gasteiger partial charge in [0.25, 0.3) is 0 Å². The summed E-state index contributed by atoms with van der Waals surface area (Å²) in [4.78, 5) is 0. The van der Waals surface area contributed by atoms with Crippen molar-refractivity contribution in [1.29, 1.82) is 0 Å². The van der Waals surface area contributed by atoms with E-state index in [0.29, 0.717) is 0 Å². The Morgan fingerprint density at radius 2 is 0.611 bits per heavy atom. The van der Waals surface area contributed by atoms with E-state index in [4.69, 9.17) is 0 Å². The molecule has 0 nitrogen and oxygen atoms in total. The molecular formula is C18H34. The van der Waals surface area contributed by atoms with Crippen LogP contribution >= 0.6 is 0 Å². The van der Waals surface area contributed by atoms with E-state index in [1.165, 1.54) is 103 Å². The van der Waals surface area contributed by atoms with Crippen LogP contribution in [0.25, 0.3) is 0 Å². The summed E-state index contributed by atoms with van der Waals surface area (Å²) in [6.07, 6.45) is 28.0. The number of rotatable bonds is 0. The molecule has 18 heavy (non-hydrogen) atoms. The van der Waals surface area contributed by atoms with Crippen molar-refractivity contribution >= 4 is 0 Å². The van der Waals surface area contributed by atoms with Crippen molar-refractivity contribution in [2.24, 2.45) is 0 Å². The van der Waals surface area contributed by atoms with Gasteiger partial charge in [-0.25, -0.2) is 0 Å². The molecule has 1 aliphatic carbocycles. The van der Waals surface area contributed by atoms with Gasteiger partial charge >= 0.3 is 0 Å². The van der Waals surface area contributed by atoms with Crippen molar-refractivity contribution in [2.75, 3.05) is 0 Å². The first-order valence-corrected chi connectivity index (χ1v) is 8.63. The molecule has 1 aliphatic rings. The van der Waals surface area contributed by atoms with Crippen LogP contribution < -0.4 is 0 Å². The fraction of sp³-hybridized carbons (Fsp3) is 0.889. The van der Waals surface area contributed by atoms with E-state index >= 15 is 0 Å². The molecule has 0 aromatic heterocycles. The van der Waals surface area contributed by atoms with E-state index in [2.05, 4.69) is 12.8 Å². The highest BCUT2D eigenvalue weighted by Crippen LogP contribution is 2.15. The maximum absolute atomic E-state index is 2.49. The van der Waals surface area contributed by atoms with Crippen LogP contribution in [0.1, 0.15) is 103 Å². The zero-order chi connectivity index (χ0) is 12.7. The fourth-order valence-corrected chi connectivity index (χ4v) is 2.88. The van der Waals surface area contributed by atoms with Crippen molar-refractivity contribution in [3.8, 4) is 0 Å². The van der Waals surface area contributed by atoms with Gasteiger partial charge in [0.2, 0.25) is 0 Å². The van der Waals surface area contributed by atoms with Crippen molar-refractivity contribution in [3.05, 3.63) is 12.8 Å². The SMILES string of the molecule is [CH]1C[CH]CCCCCCCCCCCCCCC1. The molecule has 0 aromatic rings. The van der Waals surface area contributed by atoms with Crippen LogP contribution in [0, 0.1) is 12.8 Å². The van der Waals surface area contributed by atoms with Gasteiger partial charge in [0.05, 0.1) is 0 Å². The van der Waals surface area contributed by atoms with E-state index in [-0.39, 0.29) is 0 Å². The van der Waals surface area contributed by atoms with Gasteiger partial charge in [0, 0.05) is 0 Å². The minimum atomic E-state index is 1.25. The van der Waals surface area contributed by atoms with Crippen molar-refractivity contribution in [3.63, 3.8) is 0 Å². The molecule has 0 unspecified atom stereocenters. The quantitative estimate of drug-likeness (QED) is 0.451. The largest absolute Gasteiger partial charge is 0.0533 e. The molecule has 2 radical (unpaired) electrons. The summed E-state index contributed by atoms with van der Waals surface area (Å²) in [6.45, 7) is 0. The van der Waals surface area contributed by atoms with E-state index < -0.39 is 0 Å². The molecule has 1 fully saturated rings. The lowest BCUT2D eigenvalue weighted by Crippen LogP contribution is -1.86. The zero-order valence-corrected chi connectivity index (χ0v) is 12.5. The van der Waals surface area contributed by atoms with Gasteiger partial charge < -0.3 is 0 Å². The maximum atomic E-state index is 2.49. The predicted octanol–water partition coefficient (Wildman–Crippen LogP) is 6.65. The summed E-state index contributed by atoms with van der Waals surface area (Å²) < 4.78 is 0. The molecule has 0 heteroatoms. The lowest BCUT2D eigenvalue weighted by molar-refractivity contribution is 0.532. The average Bonchev–Trinajstić information content (AvgIpc) is 2.39. The zero-order valence-electron chi connectivity index (χ0n) is 12.5. The molecule has 0 aliphatic heterocycles. The van der Waals surface area contributed by atoms with Gasteiger partial charge in [-0.3, -0.25) is 0 Å². The Kier molecular flexibility index (Phi) is 12.0. The molecule has 0 heterocycles. The molecule has 0 amide bonds. The highest BCUT2D eigenvalue weighted by molar-refractivity contribution is 4.75. The molecule has 0 N–H and O–H groups in total. The monoisotopic (exact) mass is 250 g/mol. The van der Waals surface area contributed by atoms with Crippen LogP contribution in [0.3, 0.4) is 0 Å². The molecule has 0 saturated heterocycles. The maximum Gasteiger partial charge on any atom is -0.0383 e. The molecular weight excluding hydrogens is 216 g/mol. The lowest BCUT2D eigenvalue weighted by atomic mass is 10.0. The third-order valence-corrected chi connectivity index (χ3v) is 4.15. The Morgan fingerprint density at radius 1 is 0.333 bits per heavy atom. The van der Waals surface area contributed by atoms with Gasteiger partial charge in [-0.05, 0) is 19.3 Å². The summed E-state index contributed by atoms with van der Waals surface area (Å²) >= 11 is 0. The minimum Gasteiger partial charge on any atom is -0.0533 e. The first-order valence-electron chi connectivity index (χ1n) is 8.63. The summed E-state index contributed by atoms with van der Waals surface area (Å²) in [6, 6.07) is 0. The predicted molar refractivity (Wildman–Crippen MR) is 82.5 cm³/mol. The standard InChI is InChI=1S/C18H34/c1-2-4-6-8-10-12-14-16-18-17-15-13-11-9-7-5-3-1/h1,4H,2-3,5-18H2. The summed E-state index contributed by atoms with van der Waals surface area (Å²) in [7, 11) is 0. The molecule has 1 saturated carbocycles. The van der Waals surface area contributed by atoms with Gasteiger partial charge in [-0.15, -0.1) is 0 Å². The van der Waals surface area contributed by atoms with Crippen LogP contribution in [0.5, 0.6) is 0 Å². The molecule has 1 rings (SSSR count). The summed E-state index contributed by atoms with van der Waals surface area (Å²) in [5.41, 5.74) is 0. The van der Waals surface area contributed by atoms with Crippen LogP contribution in [0.15, 0.2) is 0 Å². The molecule has 0 atom stereocenters. The Morgan fingerprint density at radius 3 is 0.944 bits per heavy atom. The van der Waals surface area contributed by atoms with Crippen LogP contribution in [-0.4, -0.2) is 0 Å². The third kappa shape index (κ3) is 11.1. The molecule has 0 aromatic carbocycles. The Labute approximate surface area is 116 Å². The van der Waals surface area contributed by atoms with Gasteiger partial charge in [-0.1, -0.05) is 96.3 Å². The second-order valence-electron chi connectivity index (χ2n) is 5.99. The second-order valence-corrected chi connectivity index (χ2v) is 5.99. The fourth-order valence-electron chi connectivity index (χ4n) is 2.88. The molecule has 106 valence electrons. The average molecular weight is 250 g/mol. The summed E-state index contributed by atoms with van der Waals surface area (Å²) in [5, 5.41) is 0. The Balaban J connectivity index is 2.00. The van der Waals surface area contributed by atoms with Crippen molar-refractivity contribution in [2.45, 2.75) is 103 Å². The highest BCUT2D eigenvalue weighted by Gasteiger charge is 1.96. The van der Waals surface area contributed by atoms with E-state index in [1.54, 1.807) is 0 Å². The van der Waals surface area contributed by atoms with E-state index in [0.717, 1.165) is 0 Å². The topological polar surface area (TPSA) is 0 Å². The lowest BCUT2D eigenvalue weighted by Gasteiger charge is -2.05. The first kappa shape index (κ1) is 16.1. The Hall–Kier alpha value is 0. The number of hydrogen-bond donors (Lipinski definition) is 0. The molecule has 0 spiro atoms. The minimum absolute atomic E-state index is 1.25. The number of hydrogen-bond acceptors (Lipinski definition) is 0. The Bertz CT molecular complexity index is 75.1. The van der Waals surface area contributed by atoms with Gasteiger partial charge in [0.15, 0.2) is 0 Å². The van der Waals surface area contributed by atoms with Crippen LogP contribution in [0.2, 0.25) is 0 Å². The van der Waals surface area contributed by atoms with Crippen LogP contribution in [0.4, 0.5) is 0 Å². The third-order valence-electron chi connectivity index (χ3n) is 4.15. The molecule has 0 bridgehead atoms. The summed E-state index contributed by atoms with van der Waals surface area (Å²) in [5.74, 6) is 0. The van der Waals surface area contributed by atoms with Crippen LogP contribution in [-0.2, 0) is 0 Å². The van der Waals surface area contributed by atoms with Gasteiger partial charge in [0.1, 0.15) is 0 Å². The van der Waals surface area contributed by atoms with E-state index in [1.807, 2.05) is 0 Å². The normalized spacial score (nSPS) is 24.0.